The Hall–Kier alpha value is -2.34. The molecule has 2 saturated heterocycles. The molecule has 0 saturated carbocycles. The van der Waals surface area contributed by atoms with Gasteiger partial charge in [0.15, 0.2) is 0 Å². The zero-order chi connectivity index (χ0) is 17.2. The van der Waals surface area contributed by atoms with Crippen molar-refractivity contribution in [3.8, 4) is 5.75 Å². The van der Waals surface area contributed by atoms with Crippen molar-refractivity contribution in [3.05, 3.63) is 42.2 Å². The van der Waals surface area contributed by atoms with Crippen LogP contribution in [-0.2, 0) is 0 Å². The lowest BCUT2D eigenvalue weighted by Crippen LogP contribution is -2.54. The molecule has 0 atom stereocenters. The van der Waals surface area contributed by atoms with E-state index in [1.165, 1.54) is 5.56 Å². The molecule has 1 aromatic heterocycles. The SMILES string of the molecule is Cc1cccc(OC2CN(c3cc(N4CCC(O)CC4)ncn3)C2)c1. The molecule has 0 bridgehead atoms. The van der Waals surface area contributed by atoms with E-state index >= 15 is 0 Å². The van der Waals surface area contributed by atoms with Gasteiger partial charge in [0.1, 0.15) is 29.8 Å². The summed E-state index contributed by atoms with van der Waals surface area (Å²) in [6, 6.07) is 10.2. The molecule has 6 nitrogen and oxygen atoms in total. The summed E-state index contributed by atoms with van der Waals surface area (Å²) in [4.78, 5) is 13.2. The van der Waals surface area contributed by atoms with Crippen molar-refractivity contribution in [2.75, 3.05) is 36.0 Å². The lowest BCUT2D eigenvalue weighted by molar-refractivity contribution is 0.145. The van der Waals surface area contributed by atoms with E-state index in [0.717, 1.165) is 56.4 Å². The van der Waals surface area contributed by atoms with Gasteiger partial charge in [-0.2, -0.15) is 0 Å². The molecule has 4 rings (SSSR count). The zero-order valence-corrected chi connectivity index (χ0v) is 14.5. The minimum Gasteiger partial charge on any atom is -0.487 e. The Bertz CT molecular complexity index is 725. The number of aliphatic hydroxyl groups is 1. The van der Waals surface area contributed by atoms with Crippen LogP contribution < -0.4 is 14.5 Å². The molecular weight excluding hydrogens is 316 g/mol. The minimum atomic E-state index is -0.174. The van der Waals surface area contributed by atoms with Crippen LogP contribution in [0.1, 0.15) is 18.4 Å². The first kappa shape index (κ1) is 16.1. The van der Waals surface area contributed by atoms with Crippen molar-refractivity contribution in [2.24, 2.45) is 0 Å². The summed E-state index contributed by atoms with van der Waals surface area (Å²) in [5.41, 5.74) is 1.21. The number of hydrogen-bond acceptors (Lipinski definition) is 6. The highest BCUT2D eigenvalue weighted by atomic mass is 16.5. The summed E-state index contributed by atoms with van der Waals surface area (Å²) in [7, 11) is 0. The zero-order valence-electron chi connectivity index (χ0n) is 14.5. The van der Waals surface area contributed by atoms with Crippen molar-refractivity contribution in [1.29, 1.82) is 0 Å². The van der Waals surface area contributed by atoms with Crippen LogP contribution >= 0.6 is 0 Å². The third kappa shape index (κ3) is 3.69. The highest BCUT2D eigenvalue weighted by Gasteiger charge is 2.30. The van der Waals surface area contributed by atoms with Crippen LogP contribution in [0.25, 0.3) is 0 Å². The predicted molar refractivity (Wildman–Crippen MR) is 97.3 cm³/mol. The second-order valence-corrected chi connectivity index (χ2v) is 6.91. The van der Waals surface area contributed by atoms with Crippen molar-refractivity contribution in [1.82, 2.24) is 9.97 Å². The Labute approximate surface area is 148 Å². The third-order valence-electron chi connectivity index (χ3n) is 4.89. The summed E-state index contributed by atoms with van der Waals surface area (Å²) in [6.07, 6.45) is 3.26. The summed E-state index contributed by atoms with van der Waals surface area (Å²) in [6.45, 7) is 5.43. The maximum Gasteiger partial charge on any atom is 0.134 e. The van der Waals surface area contributed by atoms with Gasteiger partial charge in [-0.15, -0.1) is 0 Å². The number of aryl methyl sites for hydroxylation is 1. The molecule has 2 aromatic rings. The molecule has 0 unspecified atom stereocenters. The van der Waals surface area contributed by atoms with Gasteiger partial charge >= 0.3 is 0 Å². The third-order valence-corrected chi connectivity index (χ3v) is 4.89. The molecule has 132 valence electrons. The molecule has 25 heavy (non-hydrogen) atoms. The van der Waals surface area contributed by atoms with E-state index in [1.54, 1.807) is 6.33 Å². The molecule has 1 aromatic carbocycles. The summed E-state index contributed by atoms with van der Waals surface area (Å²) in [5.74, 6) is 2.82. The monoisotopic (exact) mass is 340 g/mol. The fraction of sp³-hybridized carbons (Fsp3) is 0.474. The predicted octanol–water partition coefficient (Wildman–Crippen LogP) is 2.01. The van der Waals surface area contributed by atoms with Gasteiger partial charge in [-0.25, -0.2) is 9.97 Å². The maximum atomic E-state index is 9.65. The van der Waals surface area contributed by atoms with Gasteiger partial charge in [0.25, 0.3) is 0 Å². The molecule has 3 heterocycles. The van der Waals surface area contributed by atoms with Crippen LogP contribution in [0.5, 0.6) is 5.75 Å². The van der Waals surface area contributed by atoms with Crippen LogP contribution in [0.15, 0.2) is 36.7 Å². The molecule has 0 radical (unpaired) electrons. The van der Waals surface area contributed by atoms with E-state index in [-0.39, 0.29) is 12.2 Å². The lowest BCUT2D eigenvalue weighted by atomic mass is 10.1. The van der Waals surface area contributed by atoms with E-state index in [4.69, 9.17) is 4.74 Å². The van der Waals surface area contributed by atoms with Gasteiger partial charge in [0, 0.05) is 19.2 Å². The van der Waals surface area contributed by atoms with Crippen LogP contribution in [0.2, 0.25) is 0 Å². The van der Waals surface area contributed by atoms with Gasteiger partial charge in [0.05, 0.1) is 19.2 Å². The van der Waals surface area contributed by atoms with Crippen molar-refractivity contribution in [2.45, 2.75) is 32.0 Å². The van der Waals surface area contributed by atoms with Gasteiger partial charge in [-0.3, -0.25) is 0 Å². The van der Waals surface area contributed by atoms with E-state index in [9.17, 15) is 5.11 Å². The number of benzene rings is 1. The van der Waals surface area contributed by atoms with Gasteiger partial charge in [0.2, 0.25) is 0 Å². The molecule has 0 amide bonds. The Morgan fingerprint density at radius 3 is 2.48 bits per heavy atom. The molecule has 2 aliphatic rings. The summed E-state index contributed by atoms with van der Waals surface area (Å²) in [5, 5.41) is 9.65. The highest BCUT2D eigenvalue weighted by Crippen LogP contribution is 2.26. The smallest absolute Gasteiger partial charge is 0.134 e. The summed E-state index contributed by atoms with van der Waals surface area (Å²) >= 11 is 0. The molecule has 2 aliphatic heterocycles. The molecular formula is C19H24N4O2. The Balaban J connectivity index is 1.35. The van der Waals surface area contributed by atoms with Crippen LogP contribution in [-0.4, -0.2) is 53.5 Å². The van der Waals surface area contributed by atoms with Crippen LogP contribution in [0.4, 0.5) is 11.6 Å². The number of aliphatic hydroxyl groups excluding tert-OH is 1. The topological polar surface area (TPSA) is 61.7 Å². The van der Waals surface area contributed by atoms with E-state index in [1.807, 2.05) is 18.2 Å². The standard InChI is InChI=1S/C19H24N4O2/c1-14-3-2-4-16(9-14)25-17-11-23(12-17)19-10-18(20-13-21-19)22-7-5-15(24)6-8-22/h2-4,9-10,13,15,17,24H,5-8,11-12H2,1H3. The number of ether oxygens (including phenoxy) is 1. The number of anilines is 2. The number of rotatable bonds is 4. The largest absolute Gasteiger partial charge is 0.487 e. The normalized spacial score (nSPS) is 19.0. The number of hydrogen-bond donors (Lipinski definition) is 1. The van der Waals surface area contributed by atoms with Crippen LogP contribution in [0, 0.1) is 6.92 Å². The van der Waals surface area contributed by atoms with E-state index < -0.39 is 0 Å². The quantitative estimate of drug-likeness (QED) is 0.919. The first-order valence-corrected chi connectivity index (χ1v) is 8.91. The van der Waals surface area contributed by atoms with E-state index in [2.05, 4.69) is 38.8 Å². The number of nitrogens with zero attached hydrogens (tertiary/aromatic N) is 4. The molecule has 0 spiro atoms. The lowest BCUT2D eigenvalue weighted by Gasteiger charge is -2.40. The Morgan fingerprint density at radius 1 is 1.04 bits per heavy atom. The van der Waals surface area contributed by atoms with Crippen molar-refractivity contribution < 1.29 is 9.84 Å². The summed E-state index contributed by atoms with van der Waals surface area (Å²) < 4.78 is 6.02. The maximum absolute atomic E-state index is 9.65. The fourth-order valence-corrected chi connectivity index (χ4v) is 3.36. The fourth-order valence-electron chi connectivity index (χ4n) is 3.36. The second-order valence-electron chi connectivity index (χ2n) is 6.91. The van der Waals surface area contributed by atoms with Crippen LogP contribution in [0.3, 0.4) is 0 Å². The van der Waals surface area contributed by atoms with Crippen molar-refractivity contribution in [3.63, 3.8) is 0 Å². The molecule has 6 heteroatoms. The number of aromatic nitrogens is 2. The highest BCUT2D eigenvalue weighted by molar-refractivity contribution is 5.52. The van der Waals surface area contributed by atoms with Gasteiger partial charge < -0.3 is 19.6 Å². The molecule has 1 N–H and O–H groups in total. The first-order chi connectivity index (χ1) is 12.2. The number of piperidine rings is 1. The molecule has 0 aliphatic carbocycles. The average molecular weight is 340 g/mol. The first-order valence-electron chi connectivity index (χ1n) is 8.91. The average Bonchev–Trinajstić information content (AvgIpc) is 2.58. The minimum absolute atomic E-state index is 0.174. The Kier molecular flexibility index (Phi) is 4.44. The second kappa shape index (κ2) is 6.88. The Morgan fingerprint density at radius 2 is 1.76 bits per heavy atom. The van der Waals surface area contributed by atoms with Gasteiger partial charge in [-0.05, 0) is 37.5 Å². The van der Waals surface area contributed by atoms with Crippen molar-refractivity contribution >= 4 is 11.6 Å². The van der Waals surface area contributed by atoms with Gasteiger partial charge in [-0.1, -0.05) is 12.1 Å². The van der Waals surface area contributed by atoms with E-state index in [0.29, 0.717) is 0 Å². The molecule has 2 fully saturated rings.